The van der Waals surface area contributed by atoms with Crippen molar-refractivity contribution in [2.24, 2.45) is 0 Å². The van der Waals surface area contributed by atoms with E-state index in [1.54, 1.807) is 18.2 Å². The van der Waals surface area contributed by atoms with Crippen LogP contribution < -0.4 is 4.74 Å². The molecule has 0 N–H and O–H groups in total. The highest BCUT2D eigenvalue weighted by atomic mass is 32.2. The molecule has 0 aliphatic heterocycles. The number of thioether (sulfide) groups is 1. The van der Waals surface area contributed by atoms with Gasteiger partial charge in [0, 0.05) is 12.3 Å². The van der Waals surface area contributed by atoms with Crippen LogP contribution in [0.4, 0.5) is 8.78 Å². The van der Waals surface area contributed by atoms with Gasteiger partial charge in [-0.05, 0) is 55.8 Å². The molecular weight excluding hydrogens is 356 g/mol. The third-order valence-electron chi connectivity index (χ3n) is 3.81. The number of rotatable bonds is 7. The highest BCUT2D eigenvalue weighted by Crippen LogP contribution is 2.26. The molecule has 0 saturated heterocycles. The van der Waals surface area contributed by atoms with E-state index < -0.39 is 0 Å². The number of aromatic nitrogens is 3. The number of nitrogens with zero attached hydrogens (tertiary/aromatic N) is 3. The van der Waals surface area contributed by atoms with Crippen LogP contribution in [0.3, 0.4) is 0 Å². The molecule has 1 aromatic heterocycles. The zero-order chi connectivity index (χ0) is 18.5. The maximum Gasteiger partial charge on any atom is 0.191 e. The van der Waals surface area contributed by atoms with Gasteiger partial charge in [0.25, 0.3) is 0 Å². The molecule has 2 aromatic carbocycles. The molecule has 1 atom stereocenters. The zero-order valence-corrected chi connectivity index (χ0v) is 15.3. The lowest BCUT2D eigenvalue weighted by Crippen LogP contribution is -2.12. The largest absolute Gasteiger partial charge is 0.483 e. The van der Waals surface area contributed by atoms with Crippen LogP contribution in [-0.2, 0) is 12.3 Å². The van der Waals surface area contributed by atoms with Crippen molar-refractivity contribution in [2.45, 2.75) is 37.4 Å². The molecule has 0 aliphatic rings. The van der Waals surface area contributed by atoms with E-state index in [4.69, 9.17) is 4.74 Å². The lowest BCUT2D eigenvalue weighted by Gasteiger charge is -2.15. The van der Waals surface area contributed by atoms with Gasteiger partial charge in [-0.1, -0.05) is 23.9 Å². The number of hydrogen-bond acceptors (Lipinski definition) is 4. The summed E-state index contributed by atoms with van der Waals surface area (Å²) in [7, 11) is 0. The molecule has 0 spiro atoms. The summed E-state index contributed by atoms with van der Waals surface area (Å²) in [5, 5.41) is 9.24. The van der Waals surface area contributed by atoms with Crippen molar-refractivity contribution in [3.05, 3.63) is 71.6 Å². The van der Waals surface area contributed by atoms with Gasteiger partial charge < -0.3 is 9.30 Å². The average Bonchev–Trinajstić information content (AvgIpc) is 3.05. The second kappa shape index (κ2) is 8.31. The minimum Gasteiger partial charge on any atom is -0.483 e. The van der Waals surface area contributed by atoms with Crippen LogP contribution in [0.15, 0.2) is 53.7 Å². The molecule has 1 heterocycles. The van der Waals surface area contributed by atoms with Crippen molar-refractivity contribution in [3.63, 3.8) is 0 Å². The van der Waals surface area contributed by atoms with Gasteiger partial charge in [0.2, 0.25) is 0 Å². The van der Waals surface area contributed by atoms with E-state index in [-0.39, 0.29) is 17.7 Å². The molecule has 0 fully saturated rings. The second-order valence-corrected chi connectivity index (χ2v) is 6.66. The van der Waals surface area contributed by atoms with Gasteiger partial charge in [0.1, 0.15) is 17.4 Å². The Morgan fingerprint density at radius 1 is 1.08 bits per heavy atom. The number of ether oxygens (including phenoxy) is 1. The van der Waals surface area contributed by atoms with Crippen LogP contribution >= 0.6 is 11.8 Å². The first-order valence-corrected chi connectivity index (χ1v) is 9.28. The molecule has 0 amide bonds. The first-order chi connectivity index (χ1) is 12.6. The molecule has 3 aromatic rings. The summed E-state index contributed by atoms with van der Waals surface area (Å²) in [5.41, 5.74) is 0.887. The molecular formula is C19H19F2N3OS. The number of benzene rings is 2. The first-order valence-electron chi connectivity index (χ1n) is 8.29. The fourth-order valence-electron chi connectivity index (χ4n) is 2.55. The van der Waals surface area contributed by atoms with Gasteiger partial charge in [-0.3, -0.25) is 0 Å². The van der Waals surface area contributed by atoms with E-state index in [0.29, 0.717) is 23.9 Å². The maximum absolute atomic E-state index is 13.3. The van der Waals surface area contributed by atoms with Crippen molar-refractivity contribution in [1.29, 1.82) is 0 Å². The second-order valence-electron chi connectivity index (χ2n) is 5.72. The SMILES string of the molecule is CCn1c(SCc2cccc(F)c2)nnc1C(C)Oc1ccc(F)cc1. The summed E-state index contributed by atoms with van der Waals surface area (Å²) in [6, 6.07) is 12.4. The Kier molecular flexibility index (Phi) is 5.88. The van der Waals surface area contributed by atoms with E-state index in [1.807, 2.05) is 24.5 Å². The predicted octanol–water partition coefficient (Wildman–Crippen LogP) is 5.01. The zero-order valence-electron chi connectivity index (χ0n) is 14.5. The van der Waals surface area contributed by atoms with Crippen LogP contribution in [-0.4, -0.2) is 14.8 Å². The molecule has 0 radical (unpaired) electrons. The van der Waals surface area contributed by atoms with E-state index in [0.717, 1.165) is 10.7 Å². The van der Waals surface area contributed by atoms with Crippen LogP contribution in [0.25, 0.3) is 0 Å². The predicted molar refractivity (Wildman–Crippen MR) is 97.1 cm³/mol. The van der Waals surface area contributed by atoms with E-state index in [1.165, 1.54) is 36.0 Å². The Hall–Kier alpha value is -2.41. The lowest BCUT2D eigenvalue weighted by molar-refractivity contribution is 0.209. The Morgan fingerprint density at radius 3 is 2.54 bits per heavy atom. The molecule has 0 aliphatic carbocycles. The van der Waals surface area contributed by atoms with Crippen molar-refractivity contribution in [3.8, 4) is 5.75 Å². The monoisotopic (exact) mass is 375 g/mol. The standard InChI is InChI=1S/C19H19F2N3OS/c1-3-24-18(13(2)25-17-9-7-15(20)8-10-17)22-23-19(24)26-12-14-5-4-6-16(21)11-14/h4-11,13H,3,12H2,1-2H3. The maximum atomic E-state index is 13.3. The summed E-state index contributed by atoms with van der Waals surface area (Å²) in [5.74, 6) is 1.31. The number of halogens is 2. The summed E-state index contributed by atoms with van der Waals surface area (Å²) in [6.07, 6.45) is -0.337. The average molecular weight is 375 g/mol. The van der Waals surface area contributed by atoms with Gasteiger partial charge in [-0.15, -0.1) is 10.2 Å². The highest BCUT2D eigenvalue weighted by Gasteiger charge is 2.18. The fourth-order valence-corrected chi connectivity index (χ4v) is 3.50. The minimum absolute atomic E-state index is 0.248. The minimum atomic E-state index is -0.337. The highest BCUT2D eigenvalue weighted by molar-refractivity contribution is 7.98. The Balaban J connectivity index is 1.71. The molecule has 136 valence electrons. The normalized spacial score (nSPS) is 12.2. The van der Waals surface area contributed by atoms with E-state index >= 15 is 0 Å². The van der Waals surface area contributed by atoms with Gasteiger partial charge in [0.15, 0.2) is 17.1 Å². The third-order valence-corrected chi connectivity index (χ3v) is 4.85. The molecule has 26 heavy (non-hydrogen) atoms. The summed E-state index contributed by atoms with van der Waals surface area (Å²) < 4.78 is 34.1. The van der Waals surface area contributed by atoms with Gasteiger partial charge in [-0.2, -0.15) is 0 Å². The topological polar surface area (TPSA) is 39.9 Å². The van der Waals surface area contributed by atoms with Gasteiger partial charge in [-0.25, -0.2) is 8.78 Å². The summed E-state index contributed by atoms with van der Waals surface area (Å²) in [4.78, 5) is 0. The first kappa shape index (κ1) is 18.4. The number of hydrogen-bond donors (Lipinski definition) is 0. The Morgan fingerprint density at radius 2 is 1.85 bits per heavy atom. The third kappa shape index (κ3) is 4.40. The summed E-state index contributed by atoms with van der Waals surface area (Å²) >= 11 is 1.50. The molecule has 4 nitrogen and oxygen atoms in total. The Labute approximate surface area is 155 Å². The lowest BCUT2D eigenvalue weighted by atomic mass is 10.2. The quantitative estimate of drug-likeness (QED) is 0.544. The molecule has 3 rings (SSSR count). The Bertz CT molecular complexity index is 867. The van der Waals surface area contributed by atoms with Crippen LogP contribution in [0, 0.1) is 11.6 Å². The molecule has 7 heteroatoms. The van der Waals surface area contributed by atoms with Gasteiger partial charge in [0.05, 0.1) is 0 Å². The van der Waals surface area contributed by atoms with Crippen LogP contribution in [0.1, 0.15) is 31.3 Å². The van der Waals surface area contributed by atoms with E-state index in [9.17, 15) is 8.78 Å². The molecule has 0 saturated carbocycles. The van der Waals surface area contributed by atoms with Gasteiger partial charge >= 0.3 is 0 Å². The van der Waals surface area contributed by atoms with Crippen molar-refractivity contribution < 1.29 is 13.5 Å². The molecule has 1 unspecified atom stereocenters. The van der Waals surface area contributed by atoms with Crippen LogP contribution in [0.2, 0.25) is 0 Å². The van der Waals surface area contributed by atoms with Crippen molar-refractivity contribution in [1.82, 2.24) is 14.8 Å². The van der Waals surface area contributed by atoms with Crippen molar-refractivity contribution in [2.75, 3.05) is 0 Å². The van der Waals surface area contributed by atoms with E-state index in [2.05, 4.69) is 10.2 Å². The fraction of sp³-hybridized carbons (Fsp3) is 0.263. The molecule has 0 bridgehead atoms. The summed E-state index contributed by atoms with van der Waals surface area (Å²) in [6.45, 7) is 4.56. The van der Waals surface area contributed by atoms with Crippen molar-refractivity contribution >= 4 is 11.8 Å². The van der Waals surface area contributed by atoms with Crippen LogP contribution in [0.5, 0.6) is 5.75 Å². The smallest absolute Gasteiger partial charge is 0.191 e.